The van der Waals surface area contributed by atoms with Gasteiger partial charge in [-0.05, 0) is 44.9 Å². The molecule has 1 aliphatic rings. The maximum Gasteiger partial charge on any atom is 0.534 e. The molecule has 11 heteroatoms. The van der Waals surface area contributed by atoms with E-state index in [0.717, 1.165) is 0 Å². The standard InChI is InChI=1S/C16H24BF3O5SSi/c1-14(2)15(3,4)25-17(24-14)11-27(5,6)13-10-8-7-9-12(13)23-26(21,22)16(18,19)20/h7-10H,11H2,1-6H3. The summed E-state index contributed by atoms with van der Waals surface area (Å²) in [4.78, 5) is 0. The van der Waals surface area contributed by atoms with Crippen LogP contribution in [0.2, 0.25) is 19.0 Å². The van der Waals surface area contributed by atoms with Crippen LogP contribution >= 0.6 is 0 Å². The molecule has 0 aliphatic carbocycles. The van der Waals surface area contributed by atoms with Crippen LogP contribution in [0.25, 0.3) is 0 Å². The van der Waals surface area contributed by atoms with E-state index < -0.39 is 42.0 Å². The fraction of sp³-hybridized carbons (Fsp3) is 0.625. The Bertz CT molecular complexity index is 793. The summed E-state index contributed by atoms with van der Waals surface area (Å²) in [6.07, 6.45) is 0. The lowest BCUT2D eigenvalue weighted by atomic mass is 9.90. The minimum Gasteiger partial charge on any atom is -0.403 e. The Morgan fingerprint density at radius 1 is 1.07 bits per heavy atom. The van der Waals surface area contributed by atoms with Crippen LogP contribution in [0.1, 0.15) is 27.7 Å². The molecule has 0 aromatic heterocycles. The van der Waals surface area contributed by atoms with Gasteiger partial charge in [0.1, 0.15) is 5.75 Å². The molecule has 5 nitrogen and oxygen atoms in total. The molecule has 0 bridgehead atoms. The zero-order chi connectivity index (χ0) is 20.9. The molecule has 2 rings (SSSR count). The highest BCUT2D eigenvalue weighted by Crippen LogP contribution is 2.39. The van der Waals surface area contributed by atoms with Gasteiger partial charge in [-0.15, -0.1) is 0 Å². The van der Waals surface area contributed by atoms with Crippen molar-refractivity contribution in [3.63, 3.8) is 0 Å². The molecule has 0 amide bonds. The first-order valence-corrected chi connectivity index (χ1v) is 13.1. The van der Waals surface area contributed by atoms with Crippen LogP contribution in [0.4, 0.5) is 13.2 Å². The number of hydrogen-bond donors (Lipinski definition) is 0. The number of hydrogen-bond acceptors (Lipinski definition) is 5. The predicted octanol–water partition coefficient (Wildman–Crippen LogP) is 3.46. The van der Waals surface area contributed by atoms with Crippen molar-refractivity contribution in [3.05, 3.63) is 24.3 Å². The van der Waals surface area contributed by atoms with Gasteiger partial charge in [-0.3, -0.25) is 0 Å². The minimum atomic E-state index is -5.74. The molecule has 0 radical (unpaired) electrons. The van der Waals surface area contributed by atoms with Gasteiger partial charge >= 0.3 is 22.7 Å². The van der Waals surface area contributed by atoms with Gasteiger partial charge in [0.15, 0.2) is 0 Å². The van der Waals surface area contributed by atoms with Crippen molar-refractivity contribution in [1.29, 1.82) is 0 Å². The Kier molecular flexibility index (Phi) is 5.59. The number of alkyl halides is 3. The van der Waals surface area contributed by atoms with Crippen molar-refractivity contribution < 1.29 is 35.1 Å². The lowest BCUT2D eigenvalue weighted by Gasteiger charge is -2.32. The van der Waals surface area contributed by atoms with Gasteiger partial charge in [0.05, 0.1) is 19.3 Å². The second kappa shape index (κ2) is 6.78. The van der Waals surface area contributed by atoms with E-state index in [1.54, 1.807) is 12.1 Å². The molecule has 0 unspecified atom stereocenters. The summed E-state index contributed by atoms with van der Waals surface area (Å²) in [7, 11) is -8.76. The van der Waals surface area contributed by atoms with Crippen LogP contribution in [-0.2, 0) is 19.4 Å². The van der Waals surface area contributed by atoms with Crippen molar-refractivity contribution in [1.82, 2.24) is 0 Å². The molecular formula is C16H24BF3O5SSi. The lowest BCUT2D eigenvalue weighted by Crippen LogP contribution is -2.47. The van der Waals surface area contributed by atoms with Gasteiger partial charge in [-0.25, -0.2) is 0 Å². The minimum absolute atomic E-state index is 0.303. The summed E-state index contributed by atoms with van der Waals surface area (Å²) in [5.41, 5.74) is -6.55. The van der Waals surface area contributed by atoms with Crippen molar-refractivity contribution in [3.8, 4) is 5.75 Å². The van der Waals surface area contributed by atoms with Gasteiger partial charge in [0, 0.05) is 0 Å². The molecule has 0 atom stereocenters. The van der Waals surface area contributed by atoms with Crippen LogP contribution in [0.5, 0.6) is 5.75 Å². The number of para-hydroxylation sites is 1. The maximum absolute atomic E-state index is 12.7. The van der Waals surface area contributed by atoms with Crippen LogP contribution in [0, 0.1) is 0 Å². The number of rotatable bonds is 5. The number of benzene rings is 1. The first-order chi connectivity index (χ1) is 12.0. The van der Waals surface area contributed by atoms with E-state index in [0.29, 0.717) is 11.1 Å². The fourth-order valence-electron chi connectivity index (χ4n) is 2.84. The Morgan fingerprint density at radius 2 is 1.56 bits per heavy atom. The van der Waals surface area contributed by atoms with Gasteiger partial charge in [-0.2, -0.15) is 21.6 Å². The van der Waals surface area contributed by atoms with Crippen molar-refractivity contribution in [2.75, 3.05) is 0 Å². The highest BCUT2D eigenvalue weighted by molar-refractivity contribution is 7.88. The Balaban J connectivity index is 2.30. The molecule has 0 N–H and O–H groups in total. The topological polar surface area (TPSA) is 61.8 Å². The van der Waals surface area contributed by atoms with E-state index in [1.165, 1.54) is 12.1 Å². The average Bonchev–Trinajstić information content (AvgIpc) is 2.63. The summed E-state index contributed by atoms with van der Waals surface area (Å²) in [5.74, 6) is 0.134. The van der Waals surface area contributed by atoms with Crippen molar-refractivity contribution in [2.45, 2.75) is 63.4 Å². The summed E-state index contributed by atoms with van der Waals surface area (Å²) in [5, 5.41) is 0.451. The molecule has 1 aromatic rings. The van der Waals surface area contributed by atoms with E-state index in [9.17, 15) is 21.6 Å². The zero-order valence-electron chi connectivity index (χ0n) is 16.2. The van der Waals surface area contributed by atoms with E-state index >= 15 is 0 Å². The number of halogens is 3. The molecule has 1 aromatic carbocycles. The molecule has 1 heterocycles. The summed E-state index contributed by atoms with van der Waals surface area (Å²) >= 11 is 0. The molecule has 152 valence electrons. The molecule has 1 saturated heterocycles. The van der Waals surface area contributed by atoms with Crippen LogP contribution in [0.15, 0.2) is 24.3 Å². The van der Waals surface area contributed by atoms with Crippen LogP contribution in [-0.4, -0.2) is 40.3 Å². The summed E-state index contributed by atoms with van der Waals surface area (Å²) in [6, 6.07) is 5.90. The van der Waals surface area contributed by atoms with Gasteiger partial charge in [0.2, 0.25) is 0 Å². The second-order valence-corrected chi connectivity index (χ2v) is 14.5. The third-order valence-electron chi connectivity index (χ3n) is 5.08. The highest BCUT2D eigenvalue weighted by Gasteiger charge is 2.53. The molecular weight excluding hydrogens is 400 g/mol. The Hall–Kier alpha value is -1.04. The monoisotopic (exact) mass is 424 g/mol. The van der Waals surface area contributed by atoms with E-state index in [-0.39, 0.29) is 5.75 Å². The van der Waals surface area contributed by atoms with E-state index in [4.69, 9.17) is 9.31 Å². The van der Waals surface area contributed by atoms with E-state index in [2.05, 4.69) is 4.18 Å². The Labute approximate surface area is 159 Å². The molecule has 27 heavy (non-hydrogen) atoms. The maximum atomic E-state index is 12.7. The lowest BCUT2D eigenvalue weighted by molar-refractivity contribution is -0.0499. The van der Waals surface area contributed by atoms with Crippen LogP contribution < -0.4 is 9.37 Å². The molecule has 1 fully saturated rings. The Morgan fingerprint density at radius 3 is 2.04 bits per heavy atom. The van der Waals surface area contributed by atoms with E-state index in [1.807, 2.05) is 40.8 Å². The first-order valence-electron chi connectivity index (χ1n) is 8.44. The molecule has 1 aliphatic heterocycles. The third-order valence-corrected chi connectivity index (χ3v) is 9.27. The third kappa shape index (κ3) is 4.52. The van der Waals surface area contributed by atoms with Gasteiger partial charge in [-0.1, -0.05) is 31.3 Å². The highest BCUT2D eigenvalue weighted by atomic mass is 32.2. The van der Waals surface area contributed by atoms with Gasteiger partial charge < -0.3 is 13.5 Å². The molecule has 0 saturated carbocycles. The summed E-state index contributed by atoms with van der Waals surface area (Å²) in [6.45, 7) is 11.5. The predicted molar refractivity (Wildman–Crippen MR) is 100 cm³/mol. The van der Waals surface area contributed by atoms with Gasteiger partial charge in [0.25, 0.3) is 0 Å². The normalized spacial score (nSPS) is 20.0. The summed E-state index contributed by atoms with van der Waals surface area (Å²) < 4.78 is 77.4. The zero-order valence-corrected chi connectivity index (χ0v) is 18.0. The average molecular weight is 424 g/mol. The first kappa shape index (κ1) is 22.3. The molecule has 0 spiro atoms. The quantitative estimate of drug-likeness (QED) is 0.412. The van der Waals surface area contributed by atoms with Crippen LogP contribution in [0.3, 0.4) is 0 Å². The SMILES string of the molecule is CC1(C)OB(C[Si](C)(C)c2ccccc2OS(=O)(=O)C(F)(F)F)OC1(C)C. The van der Waals surface area contributed by atoms with Crippen molar-refractivity contribution in [2.24, 2.45) is 0 Å². The largest absolute Gasteiger partial charge is 0.534 e. The van der Waals surface area contributed by atoms with Crippen molar-refractivity contribution >= 4 is 30.5 Å². The second-order valence-electron chi connectivity index (χ2n) is 8.25. The smallest absolute Gasteiger partial charge is 0.403 e. The fourth-order valence-corrected chi connectivity index (χ4v) is 5.96.